The normalized spacial score (nSPS) is 14.7. The van der Waals surface area contributed by atoms with E-state index in [-0.39, 0.29) is 5.91 Å². The minimum atomic E-state index is 0.0799. The van der Waals surface area contributed by atoms with E-state index in [9.17, 15) is 4.79 Å². The molecular formula is C23H27ClN4O2S2. The second-order valence-corrected chi connectivity index (χ2v) is 10.2. The van der Waals surface area contributed by atoms with Gasteiger partial charge in [-0.15, -0.1) is 11.8 Å². The number of nitrogens with zero attached hydrogens (tertiary/aromatic N) is 3. The van der Waals surface area contributed by atoms with Gasteiger partial charge in [0.05, 0.1) is 22.6 Å². The molecule has 0 bridgehead atoms. The first-order chi connectivity index (χ1) is 15.5. The number of methoxy groups -OCH3 is 1. The molecule has 0 atom stereocenters. The highest BCUT2D eigenvalue weighted by molar-refractivity contribution is 8.00. The predicted octanol–water partition coefficient (Wildman–Crippen LogP) is 4.30. The van der Waals surface area contributed by atoms with Crippen molar-refractivity contribution in [1.82, 2.24) is 15.2 Å². The summed E-state index contributed by atoms with van der Waals surface area (Å²) in [5, 5.41) is 4.62. The van der Waals surface area contributed by atoms with E-state index in [1.54, 1.807) is 30.2 Å². The van der Waals surface area contributed by atoms with Gasteiger partial charge in [0.25, 0.3) is 0 Å². The molecule has 2 heterocycles. The van der Waals surface area contributed by atoms with Gasteiger partial charge in [-0.05, 0) is 31.2 Å². The summed E-state index contributed by atoms with van der Waals surface area (Å²) in [7, 11) is 1.62. The van der Waals surface area contributed by atoms with E-state index in [1.807, 2.05) is 12.1 Å². The molecule has 0 aliphatic carbocycles. The van der Waals surface area contributed by atoms with Gasteiger partial charge in [-0.3, -0.25) is 9.69 Å². The number of thiazole rings is 1. The SMILES string of the molecule is COc1c(Cl)ccc2sc(N3CCN(CCNC(=O)CSc4ccc(C)cc4)CC3)nc12. The van der Waals surface area contributed by atoms with Crippen molar-refractivity contribution in [3.8, 4) is 5.75 Å². The third-order valence-electron chi connectivity index (χ3n) is 5.44. The number of thioether (sulfide) groups is 1. The summed E-state index contributed by atoms with van der Waals surface area (Å²) in [4.78, 5) is 22.7. The molecule has 4 rings (SSSR count). The summed E-state index contributed by atoms with van der Waals surface area (Å²) in [6.45, 7) is 7.30. The molecule has 0 radical (unpaired) electrons. The number of hydrogen-bond acceptors (Lipinski definition) is 7. The third kappa shape index (κ3) is 5.67. The number of fused-ring (bicyclic) bond motifs is 1. The molecule has 1 aliphatic rings. The van der Waals surface area contributed by atoms with Crippen LogP contribution in [0.2, 0.25) is 5.02 Å². The predicted molar refractivity (Wildman–Crippen MR) is 135 cm³/mol. The highest BCUT2D eigenvalue weighted by Gasteiger charge is 2.21. The van der Waals surface area contributed by atoms with Crippen molar-refractivity contribution in [3.05, 3.63) is 47.0 Å². The van der Waals surface area contributed by atoms with Crippen LogP contribution >= 0.6 is 34.7 Å². The maximum atomic E-state index is 12.1. The molecule has 0 unspecified atom stereocenters. The van der Waals surface area contributed by atoms with Crippen LogP contribution < -0.4 is 15.0 Å². The largest absolute Gasteiger partial charge is 0.493 e. The number of nitrogens with one attached hydrogen (secondary N) is 1. The van der Waals surface area contributed by atoms with Gasteiger partial charge in [0, 0.05) is 44.2 Å². The van der Waals surface area contributed by atoms with Crippen LogP contribution in [0.15, 0.2) is 41.3 Å². The molecule has 1 N–H and O–H groups in total. The molecule has 1 aromatic heterocycles. The number of carbonyl (C=O) groups excluding carboxylic acids is 1. The Morgan fingerprint density at radius 2 is 1.94 bits per heavy atom. The Balaban J connectivity index is 1.20. The van der Waals surface area contributed by atoms with E-state index in [2.05, 4.69) is 46.3 Å². The number of halogens is 1. The zero-order valence-electron chi connectivity index (χ0n) is 18.3. The Morgan fingerprint density at radius 3 is 2.66 bits per heavy atom. The number of carbonyl (C=O) groups is 1. The summed E-state index contributed by atoms with van der Waals surface area (Å²) >= 11 is 9.47. The lowest BCUT2D eigenvalue weighted by Crippen LogP contribution is -2.48. The van der Waals surface area contributed by atoms with E-state index in [0.717, 1.165) is 53.0 Å². The molecule has 0 saturated carbocycles. The maximum Gasteiger partial charge on any atom is 0.230 e. The number of amides is 1. The van der Waals surface area contributed by atoms with Gasteiger partial charge in [-0.25, -0.2) is 4.98 Å². The quantitative estimate of drug-likeness (QED) is 0.475. The molecule has 9 heteroatoms. The monoisotopic (exact) mass is 490 g/mol. The number of hydrogen-bond donors (Lipinski definition) is 1. The summed E-state index contributed by atoms with van der Waals surface area (Å²) in [6.07, 6.45) is 0. The number of benzene rings is 2. The van der Waals surface area contributed by atoms with Crippen molar-refractivity contribution in [2.75, 3.05) is 57.0 Å². The Hall–Kier alpha value is -2.00. The topological polar surface area (TPSA) is 57.7 Å². The standard InChI is InChI=1S/C23H27ClN4O2S2/c1-16-3-5-17(6-4-16)31-15-20(29)25-9-10-27-11-13-28(14-12-27)23-26-21-19(32-23)8-7-18(24)22(21)30-2/h3-8H,9-15H2,1-2H3,(H,25,29). The van der Waals surface area contributed by atoms with Crippen molar-refractivity contribution in [3.63, 3.8) is 0 Å². The maximum absolute atomic E-state index is 12.1. The van der Waals surface area contributed by atoms with Crippen LogP contribution in [0.4, 0.5) is 5.13 Å². The van der Waals surface area contributed by atoms with E-state index in [1.165, 1.54) is 5.56 Å². The van der Waals surface area contributed by atoms with Crippen LogP contribution in [0.1, 0.15) is 5.56 Å². The Labute approximate surface area is 201 Å². The smallest absolute Gasteiger partial charge is 0.230 e. The van der Waals surface area contributed by atoms with Crippen LogP contribution in [0.25, 0.3) is 10.2 Å². The molecule has 1 amide bonds. The number of anilines is 1. The average Bonchev–Trinajstić information content (AvgIpc) is 3.23. The molecule has 6 nitrogen and oxygen atoms in total. The first kappa shape index (κ1) is 23.2. The second-order valence-electron chi connectivity index (χ2n) is 7.70. The molecule has 170 valence electrons. The van der Waals surface area contributed by atoms with Gasteiger partial charge in [0.1, 0.15) is 5.52 Å². The number of aryl methyl sites for hydroxylation is 1. The third-order valence-corrected chi connectivity index (χ3v) is 7.83. The molecule has 1 aliphatic heterocycles. The van der Waals surface area contributed by atoms with Crippen molar-refractivity contribution in [2.45, 2.75) is 11.8 Å². The van der Waals surface area contributed by atoms with Crippen LogP contribution in [-0.4, -0.2) is 67.9 Å². The average molecular weight is 491 g/mol. The van der Waals surface area contributed by atoms with Crippen LogP contribution in [0.3, 0.4) is 0 Å². The lowest BCUT2D eigenvalue weighted by atomic mass is 10.2. The molecule has 2 aromatic carbocycles. The van der Waals surface area contributed by atoms with Gasteiger partial charge < -0.3 is 15.0 Å². The van der Waals surface area contributed by atoms with Gasteiger partial charge in [0.15, 0.2) is 10.9 Å². The van der Waals surface area contributed by atoms with Crippen molar-refractivity contribution >= 4 is 56.0 Å². The van der Waals surface area contributed by atoms with Gasteiger partial charge in [-0.2, -0.15) is 0 Å². The van der Waals surface area contributed by atoms with Gasteiger partial charge in [-0.1, -0.05) is 40.6 Å². The number of ether oxygens (including phenoxy) is 1. The zero-order chi connectivity index (χ0) is 22.5. The van der Waals surface area contributed by atoms with Crippen molar-refractivity contribution < 1.29 is 9.53 Å². The number of rotatable bonds is 8. The fourth-order valence-electron chi connectivity index (χ4n) is 3.61. The minimum absolute atomic E-state index is 0.0799. The summed E-state index contributed by atoms with van der Waals surface area (Å²) in [5.74, 6) is 1.17. The van der Waals surface area contributed by atoms with Gasteiger partial charge in [0.2, 0.25) is 5.91 Å². The molecule has 32 heavy (non-hydrogen) atoms. The van der Waals surface area contributed by atoms with Crippen molar-refractivity contribution in [1.29, 1.82) is 0 Å². The number of aromatic nitrogens is 1. The van der Waals surface area contributed by atoms with Crippen LogP contribution in [-0.2, 0) is 4.79 Å². The molecule has 1 saturated heterocycles. The lowest BCUT2D eigenvalue weighted by molar-refractivity contribution is -0.118. The highest BCUT2D eigenvalue weighted by Crippen LogP contribution is 2.38. The minimum Gasteiger partial charge on any atom is -0.493 e. The van der Waals surface area contributed by atoms with Gasteiger partial charge >= 0.3 is 0 Å². The van der Waals surface area contributed by atoms with Crippen molar-refractivity contribution in [2.24, 2.45) is 0 Å². The van der Waals surface area contributed by atoms with E-state index in [0.29, 0.717) is 23.1 Å². The summed E-state index contributed by atoms with van der Waals surface area (Å²) in [6, 6.07) is 12.1. The fraction of sp³-hybridized carbons (Fsp3) is 0.391. The first-order valence-electron chi connectivity index (χ1n) is 10.6. The highest BCUT2D eigenvalue weighted by atomic mass is 35.5. The molecular weight excluding hydrogens is 464 g/mol. The first-order valence-corrected chi connectivity index (χ1v) is 12.8. The Bertz CT molecular complexity index is 1070. The van der Waals surface area contributed by atoms with Crippen LogP contribution in [0, 0.1) is 6.92 Å². The number of piperazine rings is 1. The zero-order valence-corrected chi connectivity index (χ0v) is 20.7. The molecule has 3 aromatic rings. The lowest BCUT2D eigenvalue weighted by Gasteiger charge is -2.34. The molecule has 1 fully saturated rings. The van der Waals surface area contributed by atoms with E-state index < -0.39 is 0 Å². The Morgan fingerprint density at radius 1 is 1.19 bits per heavy atom. The van der Waals surface area contributed by atoms with E-state index in [4.69, 9.17) is 21.3 Å². The summed E-state index contributed by atoms with van der Waals surface area (Å²) < 4.78 is 6.51. The Kier molecular flexibility index (Phi) is 7.78. The van der Waals surface area contributed by atoms with E-state index >= 15 is 0 Å². The fourth-order valence-corrected chi connectivity index (χ4v) is 5.59. The second kappa shape index (κ2) is 10.7. The molecule has 0 spiro atoms. The van der Waals surface area contributed by atoms with Crippen LogP contribution in [0.5, 0.6) is 5.75 Å². The summed E-state index contributed by atoms with van der Waals surface area (Å²) in [5.41, 5.74) is 2.06.